The van der Waals surface area contributed by atoms with E-state index >= 15 is 0 Å². The van der Waals surface area contributed by atoms with Gasteiger partial charge >= 0.3 is 0 Å². The minimum atomic E-state index is 0. The molecule has 0 aliphatic heterocycles. The first kappa shape index (κ1) is 34.4. The third kappa shape index (κ3) is 61.1. The highest BCUT2D eigenvalue weighted by Gasteiger charge is 2.01. The molecule has 148 valence electrons. The first-order chi connectivity index (χ1) is 9.83. The molecule has 0 heteroatoms. The van der Waals surface area contributed by atoms with Crippen molar-refractivity contribution in [2.75, 3.05) is 0 Å². The van der Waals surface area contributed by atoms with Gasteiger partial charge in [0.2, 0.25) is 0 Å². The topological polar surface area (TPSA) is 0 Å². The smallest absolute Gasteiger partial charge is 0.0422 e. The van der Waals surface area contributed by atoms with Crippen LogP contribution in [0, 0.1) is 35.5 Å². The van der Waals surface area contributed by atoms with Gasteiger partial charge < -0.3 is 0 Å². The molecule has 0 bridgehead atoms. The van der Waals surface area contributed by atoms with Crippen molar-refractivity contribution in [3.63, 3.8) is 0 Å². The Balaban J connectivity index is -0.0000000630. The van der Waals surface area contributed by atoms with Crippen molar-refractivity contribution < 1.29 is 0 Å². The summed E-state index contributed by atoms with van der Waals surface area (Å²) in [4.78, 5) is 0. The van der Waals surface area contributed by atoms with Gasteiger partial charge in [-0.1, -0.05) is 117 Å². The lowest BCUT2D eigenvalue weighted by molar-refractivity contribution is 0.407. The van der Waals surface area contributed by atoms with Crippen molar-refractivity contribution in [1.29, 1.82) is 0 Å². The Labute approximate surface area is 153 Å². The van der Waals surface area contributed by atoms with Gasteiger partial charge in [-0.3, -0.25) is 0 Å². The van der Waals surface area contributed by atoms with E-state index in [2.05, 4.69) is 96.9 Å². The summed E-state index contributed by atoms with van der Waals surface area (Å²) in [7, 11) is 0. The lowest BCUT2D eigenvalue weighted by atomic mass is 9.96. The van der Waals surface area contributed by atoms with Crippen molar-refractivity contribution in [3.05, 3.63) is 0 Å². The maximum atomic E-state index is 2.30. The lowest BCUT2D eigenvalue weighted by Gasteiger charge is -2.10. The summed E-state index contributed by atoms with van der Waals surface area (Å²) >= 11 is 0. The molecule has 0 rings (SSSR count). The zero-order chi connectivity index (χ0) is 18.9. The molecule has 0 N–H and O–H groups in total. The summed E-state index contributed by atoms with van der Waals surface area (Å²) in [6.45, 7) is 31.2. The van der Waals surface area contributed by atoms with Crippen LogP contribution in [0.3, 0.4) is 0 Å². The molecule has 0 saturated heterocycles. The SMILES string of the molecule is C.CC(C)C.CC(C)C(C)C.CCC(C)C.CCC(C)C(C)C. The monoisotopic (exact) mass is 332 g/mol. The van der Waals surface area contributed by atoms with Crippen molar-refractivity contribution >= 4 is 0 Å². The fourth-order valence-corrected chi connectivity index (χ4v) is 0.471. The highest BCUT2D eigenvalue weighted by molar-refractivity contribution is 4.52. The van der Waals surface area contributed by atoms with E-state index in [-0.39, 0.29) is 7.43 Å². The summed E-state index contributed by atoms with van der Waals surface area (Å²) in [5, 5.41) is 0. The standard InChI is InChI=1S/C7H16.C6H14.C5H12.C4H10.CH4/c1-5-7(4)6(2)3;1-5(2)6(3)4;1-4-5(2)3;1-4(2)3;/h6-7H,5H2,1-4H3;5-6H,1-4H3;5H,4H2,1-3H3;4H,1-3H3;1H4. The molecule has 0 saturated carbocycles. The second-order valence-electron chi connectivity index (χ2n) is 8.65. The van der Waals surface area contributed by atoms with Gasteiger partial charge in [0.25, 0.3) is 0 Å². The average molecular weight is 333 g/mol. The van der Waals surface area contributed by atoms with Crippen LogP contribution in [0.15, 0.2) is 0 Å². The highest BCUT2D eigenvalue weighted by atomic mass is 14.1. The maximum absolute atomic E-state index is 2.30. The zero-order valence-corrected chi connectivity index (χ0v) is 18.9. The van der Waals surface area contributed by atoms with Crippen LogP contribution >= 0.6 is 0 Å². The maximum Gasteiger partial charge on any atom is -0.0422 e. The van der Waals surface area contributed by atoms with E-state index in [1.165, 1.54) is 12.8 Å². The molecule has 1 atom stereocenters. The van der Waals surface area contributed by atoms with Crippen LogP contribution in [0.1, 0.15) is 117 Å². The van der Waals surface area contributed by atoms with Crippen LogP contribution in [-0.2, 0) is 0 Å². The van der Waals surface area contributed by atoms with Gasteiger partial charge in [-0.2, -0.15) is 0 Å². The minimum absolute atomic E-state index is 0. The molecular weight excluding hydrogens is 276 g/mol. The highest BCUT2D eigenvalue weighted by Crippen LogP contribution is 2.11. The average Bonchev–Trinajstić information content (AvgIpc) is 2.38. The van der Waals surface area contributed by atoms with Gasteiger partial charge in [0, 0.05) is 0 Å². The Morgan fingerprint density at radius 3 is 0.696 bits per heavy atom. The van der Waals surface area contributed by atoms with E-state index < -0.39 is 0 Å². The molecule has 1 unspecified atom stereocenters. The first-order valence-electron chi connectivity index (χ1n) is 9.83. The van der Waals surface area contributed by atoms with E-state index in [0.29, 0.717) is 0 Å². The molecule has 0 aromatic rings. The Hall–Kier alpha value is 0. The van der Waals surface area contributed by atoms with Crippen LogP contribution in [-0.4, -0.2) is 0 Å². The normalized spacial score (nSPS) is 11.1. The van der Waals surface area contributed by atoms with Crippen LogP contribution in [0.2, 0.25) is 0 Å². The Bertz CT molecular complexity index is 154. The number of rotatable bonds is 4. The molecule has 0 radical (unpaired) electrons. The summed E-state index contributed by atoms with van der Waals surface area (Å²) in [6, 6.07) is 0. The van der Waals surface area contributed by atoms with Gasteiger partial charge in [-0.05, 0) is 35.5 Å². The molecule has 23 heavy (non-hydrogen) atoms. The predicted octanol–water partition coefficient (Wildman–Crippen LogP) is 9.34. The van der Waals surface area contributed by atoms with Gasteiger partial charge in [0.15, 0.2) is 0 Å². The van der Waals surface area contributed by atoms with Crippen LogP contribution in [0.5, 0.6) is 0 Å². The fraction of sp³-hybridized carbons (Fsp3) is 1.00. The van der Waals surface area contributed by atoms with Crippen molar-refractivity contribution in [1.82, 2.24) is 0 Å². The molecule has 0 fully saturated rings. The molecule has 0 aliphatic rings. The van der Waals surface area contributed by atoms with E-state index in [0.717, 1.165) is 35.5 Å². The van der Waals surface area contributed by atoms with Gasteiger partial charge in [-0.15, -0.1) is 0 Å². The largest absolute Gasteiger partial charge is 0.0776 e. The third-order valence-corrected chi connectivity index (χ3v) is 3.93. The second-order valence-corrected chi connectivity index (χ2v) is 8.65. The van der Waals surface area contributed by atoms with Crippen molar-refractivity contribution in [3.8, 4) is 0 Å². The van der Waals surface area contributed by atoms with Gasteiger partial charge in [0.1, 0.15) is 0 Å². The summed E-state index contributed by atoms with van der Waals surface area (Å²) in [5.41, 5.74) is 0. The van der Waals surface area contributed by atoms with Crippen LogP contribution in [0.25, 0.3) is 0 Å². The van der Waals surface area contributed by atoms with Gasteiger partial charge in [-0.25, -0.2) is 0 Å². The molecule has 0 spiro atoms. The van der Waals surface area contributed by atoms with Crippen LogP contribution in [0.4, 0.5) is 0 Å². The van der Waals surface area contributed by atoms with E-state index in [4.69, 9.17) is 0 Å². The van der Waals surface area contributed by atoms with Crippen molar-refractivity contribution in [2.45, 2.75) is 117 Å². The Morgan fingerprint density at radius 1 is 0.478 bits per heavy atom. The van der Waals surface area contributed by atoms with Crippen molar-refractivity contribution in [2.24, 2.45) is 35.5 Å². The Morgan fingerprint density at radius 2 is 0.696 bits per heavy atom. The van der Waals surface area contributed by atoms with E-state index in [1.807, 2.05) is 0 Å². The predicted molar refractivity (Wildman–Crippen MR) is 116 cm³/mol. The molecule has 0 aliphatic carbocycles. The quantitative estimate of drug-likeness (QED) is 0.481. The molecule has 0 nitrogen and oxygen atoms in total. The van der Waals surface area contributed by atoms with E-state index in [9.17, 15) is 0 Å². The molecular formula is C23H56. The number of hydrogen-bond donors (Lipinski definition) is 0. The van der Waals surface area contributed by atoms with Gasteiger partial charge in [0.05, 0.1) is 0 Å². The summed E-state index contributed by atoms with van der Waals surface area (Å²) in [6.07, 6.45) is 2.62. The summed E-state index contributed by atoms with van der Waals surface area (Å²) < 4.78 is 0. The Kier molecular flexibility index (Phi) is 36.2. The van der Waals surface area contributed by atoms with E-state index in [1.54, 1.807) is 0 Å². The second kappa shape index (κ2) is 24.3. The fourth-order valence-electron chi connectivity index (χ4n) is 0.471. The molecule has 0 heterocycles. The van der Waals surface area contributed by atoms with Crippen LogP contribution < -0.4 is 0 Å². The summed E-state index contributed by atoms with van der Waals surface area (Å²) in [5.74, 6) is 5.19. The zero-order valence-electron chi connectivity index (χ0n) is 18.9. The molecule has 0 amide bonds. The lowest BCUT2D eigenvalue weighted by Crippen LogP contribution is -2.00. The number of hydrogen-bond acceptors (Lipinski definition) is 0. The minimum Gasteiger partial charge on any atom is -0.0776 e. The third-order valence-electron chi connectivity index (χ3n) is 3.93. The molecule has 0 aromatic heterocycles. The first-order valence-corrected chi connectivity index (χ1v) is 9.83. The molecule has 0 aromatic carbocycles.